The molecule has 27 heavy (non-hydrogen) atoms. The summed E-state index contributed by atoms with van der Waals surface area (Å²) in [5, 5.41) is -0.0177. The molecular weight excluding hydrogens is 369 g/mol. The Hall–Kier alpha value is -3.18. The van der Waals surface area contributed by atoms with Crippen LogP contribution in [0.5, 0.6) is 11.5 Å². The van der Waals surface area contributed by atoms with Gasteiger partial charge in [0, 0.05) is 12.4 Å². The maximum Gasteiger partial charge on any atom is 0.348 e. The number of nitrogens with zero attached hydrogens (tertiary/aromatic N) is 1. The second-order valence-corrected chi connectivity index (χ2v) is 5.92. The van der Waals surface area contributed by atoms with Crippen molar-refractivity contribution in [2.45, 2.75) is 0 Å². The van der Waals surface area contributed by atoms with Crippen molar-refractivity contribution >= 4 is 29.7 Å². The van der Waals surface area contributed by atoms with Crippen molar-refractivity contribution in [1.82, 2.24) is 4.98 Å². The smallest absolute Gasteiger partial charge is 0.348 e. The van der Waals surface area contributed by atoms with Gasteiger partial charge in [-0.05, 0) is 47.5 Å². The lowest BCUT2D eigenvalue weighted by Gasteiger charge is -2.11. The molecule has 0 fully saturated rings. The Morgan fingerprint density at radius 2 is 1.78 bits per heavy atom. The monoisotopic (exact) mass is 383 g/mol. The van der Waals surface area contributed by atoms with E-state index in [0.717, 1.165) is 17.2 Å². The highest BCUT2D eigenvalue weighted by atomic mass is 35.5. The first-order valence-corrected chi connectivity index (χ1v) is 8.38. The SMILES string of the molecule is COc1cc(/C=C/c2ccncc2)ccc1OC(=O)c1c(F)cccc1Cl. The molecular formula is C21H15ClFNO3. The van der Waals surface area contributed by atoms with E-state index in [0.29, 0.717) is 5.75 Å². The molecule has 0 aliphatic heterocycles. The molecule has 0 saturated heterocycles. The number of rotatable bonds is 5. The molecule has 0 bridgehead atoms. The standard InChI is InChI=1S/C21H15ClFNO3/c1-26-19-13-15(6-5-14-9-11-24-12-10-14)7-8-18(19)27-21(25)20-16(22)3-2-4-17(20)23/h2-13H,1H3/b6-5+. The Morgan fingerprint density at radius 1 is 1.04 bits per heavy atom. The fourth-order valence-electron chi connectivity index (χ4n) is 2.38. The molecule has 0 N–H and O–H groups in total. The minimum atomic E-state index is -0.892. The molecule has 0 atom stereocenters. The van der Waals surface area contributed by atoms with E-state index < -0.39 is 11.8 Å². The molecule has 0 radical (unpaired) electrons. The zero-order chi connectivity index (χ0) is 19.2. The van der Waals surface area contributed by atoms with Crippen LogP contribution in [-0.4, -0.2) is 18.1 Å². The van der Waals surface area contributed by atoms with Crippen LogP contribution in [0, 0.1) is 5.82 Å². The molecule has 0 unspecified atom stereocenters. The highest BCUT2D eigenvalue weighted by Crippen LogP contribution is 2.30. The Balaban J connectivity index is 1.82. The third-order valence-electron chi connectivity index (χ3n) is 3.73. The summed E-state index contributed by atoms with van der Waals surface area (Å²) in [6, 6.07) is 12.8. The van der Waals surface area contributed by atoms with Crippen LogP contribution in [0.1, 0.15) is 21.5 Å². The van der Waals surface area contributed by atoms with Gasteiger partial charge in [-0.2, -0.15) is 0 Å². The molecule has 2 aromatic carbocycles. The number of carbonyl (C=O) groups is 1. The molecule has 0 saturated carbocycles. The molecule has 3 aromatic rings. The topological polar surface area (TPSA) is 48.4 Å². The molecule has 1 heterocycles. The van der Waals surface area contributed by atoms with E-state index in [2.05, 4.69) is 4.98 Å². The predicted molar refractivity (Wildman–Crippen MR) is 103 cm³/mol. The maximum atomic E-state index is 13.9. The Labute approximate surface area is 160 Å². The van der Waals surface area contributed by atoms with Crippen LogP contribution >= 0.6 is 11.6 Å². The van der Waals surface area contributed by atoms with Crippen LogP contribution in [0.15, 0.2) is 60.9 Å². The van der Waals surface area contributed by atoms with Gasteiger partial charge in [0.25, 0.3) is 0 Å². The van der Waals surface area contributed by atoms with Crippen LogP contribution in [0.2, 0.25) is 5.02 Å². The van der Waals surface area contributed by atoms with Crippen molar-refractivity contribution < 1.29 is 18.7 Å². The van der Waals surface area contributed by atoms with Crippen LogP contribution in [0.4, 0.5) is 4.39 Å². The van der Waals surface area contributed by atoms with Gasteiger partial charge >= 0.3 is 5.97 Å². The van der Waals surface area contributed by atoms with Crippen molar-refractivity contribution in [2.75, 3.05) is 7.11 Å². The first kappa shape index (κ1) is 18.6. The van der Waals surface area contributed by atoms with E-state index in [1.54, 1.807) is 30.6 Å². The number of esters is 1. The molecule has 1 aromatic heterocycles. The minimum Gasteiger partial charge on any atom is -0.493 e. The summed E-state index contributed by atoms with van der Waals surface area (Å²) in [7, 11) is 1.46. The quantitative estimate of drug-likeness (QED) is 0.444. The van der Waals surface area contributed by atoms with Gasteiger partial charge in [-0.1, -0.05) is 35.9 Å². The van der Waals surface area contributed by atoms with Crippen molar-refractivity contribution in [2.24, 2.45) is 0 Å². The van der Waals surface area contributed by atoms with Crippen LogP contribution in [-0.2, 0) is 0 Å². The number of carbonyl (C=O) groups excluding carboxylic acids is 1. The summed E-state index contributed by atoms with van der Waals surface area (Å²) in [5.41, 5.74) is 1.52. The Bertz CT molecular complexity index is 970. The minimum absolute atomic E-state index is 0.0177. The highest BCUT2D eigenvalue weighted by molar-refractivity contribution is 6.33. The lowest BCUT2D eigenvalue weighted by Crippen LogP contribution is -2.12. The summed E-state index contributed by atoms with van der Waals surface area (Å²) in [6.07, 6.45) is 7.21. The molecule has 136 valence electrons. The fraction of sp³-hybridized carbons (Fsp3) is 0.0476. The second kappa shape index (κ2) is 8.47. The molecule has 0 aliphatic carbocycles. The summed E-state index contributed by atoms with van der Waals surface area (Å²) in [6.45, 7) is 0. The average Bonchev–Trinajstić information content (AvgIpc) is 2.68. The number of hydrogen-bond acceptors (Lipinski definition) is 4. The third-order valence-corrected chi connectivity index (χ3v) is 4.05. The first-order valence-electron chi connectivity index (χ1n) is 8.01. The van der Waals surface area contributed by atoms with Crippen molar-refractivity contribution in [3.8, 4) is 11.5 Å². The maximum absolute atomic E-state index is 13.9. The molecule has 0 aliphatic rings. The zero-order valence-electron chi connectivity index (χ0n) is 14.4. The summed E-state index contributed by atoms with van der Waals surface area (Å²) in [4.78, 5) is 16.3. The summed E-state index contributed by atoms with van der Waals surface area (Å²) >= 11 is 5.90. The van der Waals surface area contributed by atoms with Gasteiger partial charge in [0.05, 0.1) is 12.1 Å². The number of pyridine rings is 1. The van der Waals surface area contributed by atoms with E-state index in [1.165, 1.54) is 19.2 Å². The largest absolute Gasteiger partial charge is 0.493 e. The van der Waals surface area contributed by atoms with E-state index in [4.69, 9.17) is 21.1 Å². The van der Waals surface area contributed by atoms with Gasteiger partial charge < -0.3 is 9.47 Å². The average molecular weight is 384 g/mol. The summed E-state index contributed by atoms with van der Waals surface area (Å²) < 4.78 is 24.5. The van der Waals surface area contributed by atoms with Crippen LogP contribution in [0.3, 0.4) is 0 Å². The lowest BCUT2D eigenvalue weighted by molar-refractivity contribution is 0.0725. The van der Waals surface area contributed by atoms with Gasteiger partial charge in [0.15, 0.2) is 11.5 Å². The predicted octanol–water partition coefficient (Wildman–Crippen LogP) is 5.27. The number of hydrogen-bond donors (Lipinski definition) is 0. The van der Waals surface area contributed by atoms with E-state index in [9.17, 15) is 9.18 Å². The van der Waals surface area contributed by atoms with Gasteiger partial charge in [-0.15, -0.1) is 0 Å². The van der Waals surface area contributed by atoms with E-state index >= 15 is 0 Å². The second-order valence-electron chi connectivity index (χ2n) is 5.51. The zero-order valence-corrected chi connectivity index (χ0v) is 15.1. The normalized spacial score (nSPS) is 10.8. The first-order chi connectivity index (χ1) is 13.1. The summed E-state index contributed by atoms with van der Waals surface area (Å²) in [5.74, 6) is -1.13. The van der Waals surface area contributed by atoms with Crippen molar-refractivity contribution in [1.29, 1.82) is 0 Å². The van der Waals surface area contributed by atoms with Gasteiger partial charge in [-0.25, -0.2) is 9.18 Å². The molecule has 3 rings (SSSR count). The van der Waals surface area contributed by atoms with Gasteiger partial charge in [0.2, 0.25) is 0 Å². The number of aromatic nitrogens is 1. The number of benzene rings is 2. The number of methoxy groups -OCH3 is 1. The number of halogens is 2. The van der Waals surface area contributed by atoms with Gasteiger partial charge in [0.1, 0.15) is 11.4 Å². The van der Waals surface area contributed by atoms with E-state index in [-0.39, 0.29) is 16.3 Å². The van der Waals surface area contributed by atoms with E-state index in [1.807, 2.05) is 24.3 Å². The Morgan fingerprint density at radius 3 is 2.48 bits per heavy atom. The molecule has 6 heteroatoms. The Kier molecular flexibility index (Phi) is 5.84. The van der Waals surface area contributed by atoms with Crippen molar-refractivity contribution in [3.05, 3.63) is 88.5 Å². The molecule has 0 spiro atoms. The molecule has 0 amide bonds. The molecule has 4 nitrogen and oxygen atoms in total. The fourth-order valence-corrected chi connectivity index (χ4v) is 2.62. The highest BCUT2D eigenvalue weighted by Gasteiger charge is 2.19. The van der Waals surface area contributed by atoms with Crippen LogP contribution < -0.4 is 9.47 Å². The third kappa shape index (κ3) is 4.51. The van der Waals surface area contributed by atoms with Crippen molar-refractivity contribution in [3.63, 3.8) is 0 Å². The van der Waals surface area contributed by atoms with Gasteiger partial charge in [-0.3, -0.25) is 4.98 Å². The lowest BCUT2D eigenvalue weighted by atomic mass is 10.1. The number of ether oxygens (including phenoxy) is 2. The van der Waals surface area contributed by atoms with Crippen LogP contribution in [0.25, 0.3) is 12.2 Å².